The lowest BCUT2D eigenvalue weighted by molar-refractivity contribution is 0.0697. The highest BCUT2D eigenvalue weighted by atomic mass is 35.5. The molecule has 0 aliphatic rings. The van der Waals surface area contributed by atoms with E-state index < -0.39 is 5.97 Å². The number of nitrogens with one attached hydrogen (secondary N) is 1. The van der Waals surface area contributed by atoms with Crippen molar-refractivity contribution in [2.24, 2.45) is 0 Å². The fraction of sp³-hybridized carbons (Fsp3) is 0.0833. The Balaban J connectivity index is 2.63. The summed E-state index contributed by atoms with van der Waals surface area (Å²) in [4.78, 5) is 22.2. The molecule has 19 heavy (non-hydrogen) atoms. The van der Waals surface area contributed by atoms with Crippen LogP contribution in [0.3, 0.4) is 0 Å². The van der Waals surface area contributed by atoms with E-state index in [0.717, 1.165) is 0 Å². The van der Waals surface area contributed by atoms with Crippen molar-refractivity contribution in [3.05, 3.63) is 39.5 Å². The van der Waals surface area contributed by atoms with Crippen molar-refractivity contribution in [1.29, 1.82) is 0 Å². The van der Waals surface area contributed by atoms with Crippen molar-refractivity contribution in [1.82, 2.24) is 10.2 Å². The van der Waals surface area contributed by atoms with Gasteiger partial charge in [0.25, 0.3) is 0 Å². The van der Waals surface area contributed by atoms with Crippen LogP contribution >= 0.6 is 23.2 Å². The smallest absolute Gasteiger partial charge is 0.337 e. The van der Waals surface area contributed by atoms with Gasteiger partial charge in [-0.15, -0.1) is 0 Å². The number of carbonyl (C=O) groups is 2. The number of Topliss-reactive ketones (excluding diaryl/α,β-unsaturated/α-hetero) is 1. The lowest BCUT2D eigenvalue weighted by Gasteiger charge is -2.06. The van der Waals surface area contributed by atoms with Crippen LogP contribution in [0.15, 0.2) is 18.2 Å². The van der Waals surface area contributed by atoms with Crippen molar-refractivity contribution in [2.45, 2.75) is 6.92 Å². The number of aromatic amines is 1. The SMILES string of the molecule is CC(=O)c1cc(-c2c(Cl)ccc(C(=O)O)c2Cl)n[nH]1. The molecule has 2 rings (SSSR count). The minimum atomic E-state index is -1.16. The van der Waals surface area contributed by atoms with Crippen LogP contribution in [-0.4, -0.2) is 27.1 Å². The Hall–Kier alpha value is -1.85. The van der Waals surface area contributed by atoms with Crippen LogP contribution in [0.25, 0.3) is 11.3 Å². The first-order valence-corrected chi connectivity index (χ1v) is 5.95. The third-order valence-corrected chi connectivity index (χ3v) is 3.24. The first-order chi connectivity index (χ1) is 8.91. The lowest BCUT2D eigenvalue weighted by Crippen LogP contribution is -1.99. The van der Waals surface area contributed by atoms with Gasteiger partial charge in [0.2, 0.25) is 0 Å². The highest BCUT2D eigenvalue weighted by molar-refractivity contribution is 6.40. The summed E-state index contributed by atoms with van der Waals surface area (Å²) in [6.07, 6.45) is 0. The van der Waals surface area contributed by atoms with Gasteiger partial charge in [-0.05, 0) is 18.2 Å². The highest BCUT2D eigenvalue weighted by Gasteiger charge is 2.19. The molecule has 98 valence electrons. The van der Waals surface area contributed by atoms with Gasteiger partial charge in [0.15, 0.2) is 5.78 Å². The van der Waals surface area contributed by atoms with Gasteiger partial charge in [-0.3, -0.25) is 9.89 Å². The Bertz CT molecular complexity index is 680. The summed E-state index contributed by atoms with van der Waals surface area (Å²) in [5, 5.41) is 15.7. The highest BCUT2D eigenvalue weighted by Crippen LogP contribution is 2.36. The summed E-state index contributed by atoms with van der Waals surface area (Å²) < 4.78 is 0. The van der Waals surface area contributed by atoms with Gasteiger partial charge in [-0.2, -0.15) is 5.10 Å². The number of carbonyl (C=O) groups excluding carboxylic acids is 1. The average molecular weight is 299 g/mol. The van der Waals surface area contributed by atoms with Gasteiger partial charge >= 0.3 is 5.97 Å². The molecule has 1 aromatic heterocycles. The average Bonchev–Trinajstić information content (AvgIpc) is 2.78. The molecule has 7 heteroatoms. The van der Waals surface area contributed by atoms with E-state index >= 15 is 0 Å². The van der Waals surface area contributed by atoms with E-state index in [1.54, 1.807) is 0 Å². The van der Waals surface area contributed by atoms with E-state index in [1.165, 1.54) is 25.1 Å². The number of benzene rings is 1. The van der Waals surface area contributed by atoms with E-state index in [2.05, 4.69) is 10.2 Å². The minimum Gasteiger partial charge on any atom is -0.478 e. The summed E-state index contributed by atoms with van der Waals surface area (Å²) >= 11 is 12.0. The maximum Gasteiger partial charge on any atom is 0.337 e. The van der Waals surface area contributed by atoms with E-state index in [-0.39, 0.29) is 27.0 Å². The Morgan fingerprint density at radius 1 is 1.32 bits per heavy atom. The molecule has 1 aromatic carbocycles. The van der Waals surface area contributed by atoms with Crippen molar-refractivity contribution in [2.75, 3.05) is 0 Å². The van der Waals surface area contributed by atoms with Crippen molar-refractivity contribution in [3.63, 3.8) is 0 Å². The number of aromatic nitrogens is 2. The molecular formula is C12H8Cl2N2O3. The maximum absolute atomic E-state index is 11.2. The summed E-state index contributed by atoms with van der Waals surface area (Å²) in [5.74, 6) is -1.36. The van der Waals surface area contributed by atoms with Crippen LogP contribution < -0.4 is 0 Å². The number of nitrogens with zero attached hydrogens (tertiary/aromatic N) is 1. The Morgan fingerprint density at radius 3 is 2.53 bits per heavy atom. The van der Waals surface area contributed by atoms with E-state index in [9.17, 15) is 9.59 Å². The van der Waals surface area contributed by atoms with Crippen molar-refractivity contribution in [3.8, 4) is 11.3 Å². The van der Waals surface area contributed by atoms with Crippen LogP contribution in [0.5, 0.6) is 0 Å². The standard InChI is InChI=1S/C12H8Cl2N2O3/c1-5(17)8-4-9(16-15-8)10-7(13)3-2-6(11(10)14)12(18)19/h2-4H,1H3,(H,15,16)(H,18,19). The Kier molecular flexibility index (Phi) is 3.59. The molecule has 0 saturated heterocycles. The number of carboxylic acid groups (broad SMARTS) is 1. The topological polar surface area (TPSA) is 83.1 Å². The van der Waals surface area contributed by atoms with E-state index in [4.69, 9.17) is 28.3 Å². The second-order valence-electron chi connectivity index (χ2n) is 3.81. The van der Waals surface area contributed by atoms with Crippen LogP contribution in [0, 0.1) is 0 Å². The van der Waals surface area contributed by atoms with Gasteiger partial charge in [0.05, 0.1) is 21.3 Å². The molecule has 0 bridgehead atoms. The minimum absolute atomic E-state index is 0.0124. The number of hydrogen-bond acceptors (Lipinski definition) is 3. The number of aromatic carboxylic acids is 1. The summed E-state index contributed by atoms with van der Waals surface area (Å²) in [6.45, 7) is 1.38. The van der Waals surface area contributed by atoms with Crippen LogP contribution in [0.2, 0.25) is 10.0 Å². The van der Waals surface area contributed by atoms with E-state index in [0.29, 0.717) is 11.4 Å². The zero-order chi connectivity index (χ0) is 14.2. The van der Waals surface area contributed by atoms with Gasteiger partial charge in [-0.1, -0.05) is 23.2 Å². The molecule has 0 unspecified atom stereocenters. The second-order valence-corrected chi connectivity index (χ2v) is 4.60. The summed E-state index contributed by atoms with van der Waals surface area (Å²) in [7, 11) is 0. The van der Waals surface area contributed by atoms with Gasteiger partial charge in [-0.25, -0.2) is 4.79 Å². The van der Waals surface area contributed by atoms with Gasteiger partial charge < -0.3 is 5.11 Å². The van der Waals surface area contributed by atoms with Crippen LogP contribution in [0.1, 0.15) is 27.8 Å². The zero-order valence-corrected chi connectivity index (χ0v) is 11.2. The van der Waals surface area contributed by atoms with Crippen molar-refractivity contribution < 1.29 is 14.7 Å². The second kappa shape index (κ2) is 5.03. The van der Waals surface area contributed by atoms with E-state index in [1.807, 2.05) is 0 Å². The molecule has 0 spiro atoms. The summed E-state index contributed by atoms with van der Waals surface area (Å²) in [6, 6.07) is 4.21. The lowest BCUT2D eigenvalue weighted by atomic mass is 10.1. The fourth-order valence-electron chi connectivity index (χ4n) is 1.58. The molecule has 0 aliphatic heterocycles. The predicted octanol–water partition coefficient (Wildman–Crippen LogP) is 3.28. The van der Waals surface area contributed by atoms with Crippen LogP contribution in [0.4, 0.5) is 0 Å². The number of H-pyrrole nitrogens is 1. The molecule has 2 aromatic rings. The Labute approximate surface area is 118 Å². The first kappa shape index (κ1) is 13.6. The zero-order valence-electron chi connectivity index (χ0n) is 9.70. The monoisotopic (exact) mass is 298 g/mol. The van der Waals surface area contributed by atoms with Gasteiger partial charge in [0.1, 0.15) is 5.69 Å². The molecule has 0 aliphatic carbocycles. The molecule has 2 N–H and O–H groups in total. The molecular weight excluding hydrogens is 291 g/mol. The third kappa shape index (κ3) is 2.47. The number of halogens is 2. The molecule has 0 amide bonds. The fourth-order valence-corrected chi connectivity index (χ4v) is 2.23. The molecule has 5 nitrogen and oxygen atoms in total. The first-order valence-electron chi connectivity index (χ1n) is 5.20. The normalized spacial score (nSPS) is 10.5. The van der Waals surface area contributed by atoms with Crippen LogP contribution in [-0.2, 0) is 0 Å². The Morgan fingerprint density at radius 2 is 2.00 bits per heavy atom. The molecule has 0 atom stereocenters. The molecule has 1 heterocycles. The third-order valence-electron chi connectivity index (χ3n) is 2.53. The predicted molar refractivity (Wildman–Crippen MR) is 71.0 cm³/mol. The number of rotatable bonds is 3. The molecule has 0 radical (unpaired) electrons. The van der Waals surface area contributed by atoms with Gasteiger partial charge in [0, 0.05) is 12.5 Å². The molecule has 0 saturated carbocycles. The molecule has 0 fully saturated rings. The number of hydrogen-bond donors (Lipinski definition) is 2. The quantitative estimate of drug-likeness (QED) is 0.852. The number of ketones is 1. The maximum atomic E-state index is 11.2. The largest absolute Gasteiger partial charge is 0.478 e. The summed E-state index contributed by atoms with van der Waals surface area (Å²) in [5.41, 5.74) is 0.826. The number of carboxylic acids is 1. The van der Waals surface area contributed by atoms with Crippen molar-refractivity contribution >= 4 is 35.0 Å².